The van der Waals surface area contributed by atoms with Crippen molar-refractivity contribution in [3.8, 4) is 0 Å². The highest BCUT2D eigenvalue weighted by Crippen LogP contribution is 2.38. The Bertz CT molecular complexity index is 167. The van der Waals surface area contributed by atoms with Crippen molar-refractivity contribution in [3.63, 3.8) is 0 Å². The van der Waals surface area contributed by atoms with Crippen LogP contribution in [0.25, 0.3) is 0 Å². The van der Waals surface area contributed by atoms with Crippen LogP contribution in [0.3, 0.4) is 0 Å². The van der Waals surface area contributed by atoms with E-state index >= 15 is 0 Å². The molecular formula is C7H10O2S. The highest BCUT2D eigenvalue weighted by atomic mass is 32.2. The van der Waals surface area contributed by atoms with E-state index in [1.54, 1.807) is 0 Å². The third-order valence-corrected chi connectivity index (χ3v) is 3.41. The van der Waals surface area contributed by atoms with E-state index in [2.05, 4.69) is 6.92 Å². The van der Waals surface area contributed by atoms with Crippen LogP contribution in [0.4, 0.5) is 0 Å². The van der Waals surface area contributed by atoms with E-state index < -0.39 is 0 Å². The molecule has 10 heavy (non-hydrogen) atoms. The first-order chi connectivity index (χ1) is 4.75. The number of hydrogen-bond acceptors (Lipinski definition) is 3. The van der Waals surface area contributed by atoms with Gasteiger partial charge in [-0.1, -0.05) is 11.8 Å². The first-order valence-corrected chi connectivity index (χ1v) is 4.48. The third kappa shape index (κ3) is 0.974. The molecule has 0 radical (unpaired) electrons. The maximum Gasteiger partial charge on any atom is 0.191 e. The van der Waals surface area contributed by atoms with Gasteiger partial charge in [-0.2, -0.15) is 0 Å². The molecule has 0 saturated carbocycles. The summed E-state index contributed by atoms with van der Waals surface area (Å²) in [5, 5.41) is 0.761. The second kappa shape index (κ2) is 2.24. The summed E-state index contributed by atoms with van der Waals surface area (Å²) >= 11 is 1.47. The first kappa shape index (κ1) is 6.68. The molecule has 2 rings (SSSR count). The van der Waals surface area contributed by atoms with Crippen molar-refractivity contribution in [2.75, 3.05) is 0 Å². The van der Waals surface area contributed by atoms with Gasteiger partial charge in [0.1, 0.15) is 0 Å². The van der Waals surface area contributed by atoms with Crippen LogP contribution < -0.4 is 0 Å². The van der Waals surface area contributed by atoms with Gasteiger partial charge >= 0.3 is 0 Å². The van der Waals surface area contributed by atoms with E-state index in [0.29, 0.717) is 22.9 Å². The second-order valence-electron chi connectivity index (χ2n) is 2.93. The number of rotatable bonds is 0. The standard InChI is InChI=1S/C7H10O2S/c1-4-6-2-5(9-4)3-7(8)10-6/h4-6H,2-3H2,1H3. The third-order valence-electron chi connectivity index (χ3n) is 2.10. The fourth-order valence-electron chi connectivity index (χ4n) is 1.58. The van der Waals surface area contributed by atoms with Gasteiger partial charge in [-0.05, 0) is 13.3 Å². The minimum atomic E-state index is 0.244. The van der Waals surface area contributed by atoms with Crippen LogP contribution in [0, 0.1) is 0 Å². The number of hydrogen-bond donors (Lipinski definition) is 0. The molecule has 0 N–H and O–H groups in total. The van der Waals surface area contributed by atoms with Gasteiger partial charge in [0.2, 0.25) is 0 Å². The maximum atomic E-state index is 11.0. The summed E-state index contributed by atoms with van der Waals surface area (Å²) in [6.45, 7) is 2.05. The zero-order valence-electron chi connectivity index (χ0n) is 5.87. The van der Waals surface area contributed by atoms with Crippen molar-refractivity contribution >= 4 is 16.9 Å². The molecule has 2 saturated heterocycles. The van der Waals surface area contributed by atoms with E-state index in [1.807, 2.05) is 0 Å². The van der Waals surface area contributed by atoms with Gasteiger partial charge in [0.25, 0.3) is 0 Å². The molecular weight excluding hydrogens is 148 g/mol. The van der Waals surface area contributed by atoms with Gasteiger partial charge < -0.3 is 4.74 Å². The summed E-state index contributed by atoms with van der Waals surface area (Å²) in [6, 6.07) is 0. The lowest BCUT2D eigenvalue weighted by Gasteiger charge is -2.13. The minimum absolute atomic E-state index is 0.244. The lowest BCUT2D eigenvalue weighted by Crippen LogP contribution is -2.18. The normalized spacial score (nSPS) is 46.1. The lowest BCUT2D eigenvalue weighted by molar-refractivity contribution is -0.113. The summed E-state index contributed by atoms with van der Waals surface area (Å²) in [4.78, 5) is 11.0. The van der Waals surface area contributed by atoms with E-state index in [-0.39, 0.29) is 6.10 Å². The fourth-order valence-corrected chi connectivity index (χ4v) is 2.76. The van der Waals surface area contributed by atoms with Crippen molar-refractivity contribution in [2.45, 2.75) is 37.2 Å². The molecule has 0 aromatic rings. The molecule has 2 heterocycles. The van der Waals surface area contributed by atoms with E-state index in [1.165, 1.54) is 11.8 Å². The SMILES string of the molecule is CC1OC2CC(=O)SC1C2. The van der Waals surface area contributed by atoms with E-state index in [4.69, 9.17) is 4.74 Å². The van der Waals surface area contributed by atoms with Crippen molar-refractivity contribution in [1.82, 2.24) is 0 Å². The molecule has 3 atom stereocenters. The molecule has 0 spiro atoms. The van der Waals surface area contributed by atoms with E-state index in [9.17, 15) is 4.79 Å². The molecule has 3 unspecified atom stereocenters. The monoisotopic (exact) mass is 158 g/mol. The topological polar surface area (TPSA) is 26.3 Å². The van der Waals surface area contributed by atoms with Crippen LogP contribution in [0.15, 0.2) is 0 Å². The van der Waals surface area contributed by atoms with Crippen LogP contribution in [-0.4, -0.2) is 22.6 Å². The molecule has 2 aliphatic rings. The van der Waals surface area contributed by atoms with Gasteiger partial charge in [-0.25, -0.2) is 0 Å². The summed E-state index contributed by atoms with van der Waals surface area (Å²) < 4.78 is 5.51. The summed E-state index contributed by atoms with van der Waals surface area (Å²) in [6.07, 6.45) is 2.25. The zero-order chi connectivity index (χ0) is 7.14. The Hall–Kier alpha value is -0.0200. The number of carbonyl (C=O) groups is 1. The Balaban J connectivity index is 2.13. The maximum absolute atomic E-state index is 11.0. The Morgan fingerprint density at radius 2 is 2.50 bits per heavy atom. The second-order valence-corrected chi connectivity index (χ2v) is 4.23. The van der Waals surface area contributed by atoms with Crippen molar-refractivity contribution < 1.29 is 9.53 Å². The quantitative estimate of drug-likeness (QED) is 0.530. The Kier molecular flexibility index (Phi) is 1.49. The molecule has 2 bridgehead atoms. The predicted octanol–water partition coefficient (Wildman–Crippen LogP) is 1.20. The van der Waals surface area contributed by atoms with Crippen molar-refractivity contribution in [1.29, 1.82) is 0 Å². The highest BCUT2D eigenvalue weighted by molar-refractivity contribution is 8.14. The van der Waals surface area contributed by atoms with Gasteiger partial charge in [-0.3, -0.25) is 4.79 Å². The summed E-state index contributed by atoms with van der Waals surface area (Å²) in [5.74, 6) is 0. The summed E-state index contributed by atoms with van der Waals surface area (Å²) in [5.41, 5.74) is 0. The highest BCUT2D eigenvalue weighted by Gasteiger charge is 2.39. The first-order valence-electron chi connectivity index (χ1n) is 3.60. The average Bonchev–Trinajstić information content (AvgIpc) is 2.07. The Morgan fingerprint density at radius 3 is 3.20 bits per heavy atom. The molecule has 0 aliphatic carbocycles. The molecule has 0 amide bonds. The van der Waals surface area contributed by atoms with Gasteiger partial charge in [-0.15, -0.1) is 0 Å². The van der Waals surface area contributed by atoms with Crippen molar-refractivity contribution in [2.24, 2.45) is 0 Å². The van der Waals surface area contributed by atoms with E-state index in [0.717, 1.165) is 6.42 Å². The van der Waals surface area contributed by atoms with Crippen LogP contribution in [0.1, 0.15) is 19.8 Å². The predicted molar refractivity (Wildman–Crippen MR) is 40.0 cm³/mol. The van der Waals surface area contributed by atoms with Crippen molar-refractivity contribution in [3.05, 3.63) is 0 Å². The molecule has 2 fully saturated rings. The summed E-state index contributed by atoms with van der Waals surface area (Å²) in [7, 11) is 0. The van der Waals surface area contributed by atoms with Crippen LogP contribution >= 0.6 is 11.8 Å². The van der Waals surface area contributed by atoms with Crippen LogP contribution in [-0.2, 0) is 9.53 Å². The Morgan fingerprint density at radius 1 is 1.70 bits per heavy atom. The fraction of sp³-hybridized carbons (Fsp3) is 0.857. The molecule has 0 aromatic heterocycles. The largest absolute Gasteiger partial charge is 0.374 e. The minimum Gasteiger partial charge on any atom is -0.374 e. The molecule has 56 valence electrons. The molecule has 2 aliphatic heterocycles. The number of fused-ring (bicyclic) bond motifs is 2. The van der Waals surface area contributed by atoms with Crippen LogP contribution in [0.5, 0.6) is 0 Å². The number of thioether (sulfide) groups is 1. The van der Waals surface area contributed by atoms with Crippen LogP contribution in [0.2, 0.25) is 0 Å². The average molecular weight is 158 g/mol. The smallest absolute Gasteiger partial charge is 0.191 e. The lowest BCUT2D eigenvalue weighted by atomic mass is 10.1. The number of carbonyl (C=O) groups excluding carboxylic acids is 1. The molecule has 0 aromatic carbocycles. The zero-order valence-corrected chi connectivity index (χ0v) is 6.69. The Labute approximate surface area is 64.3 Å². The van der Waals surface area contributed by atoms with Gasteiger partial charge in [0.05, 0.1) is 12.2 Å². The van der Waals surface area contributed by atoms with Gasteiger partial charge in [0, 0.05) is 11.7 Å². The van der Waals surface area contributed by atoms with Gasteiger partial charge in [0.15, 0.2) is 5.12 Å². The molecule has 3 heteroatoms. The molecule has 2 nitrogen and oxygen atoms in total. The number of ether oxygens (including phenoxy) is 1.